The van der Waals surface area contributed by atoms with Gasteiger partial charge in [-0.1, -0.05) is 19.9 Å². The topological polar surface area (TPSA) is 95.6 Å². The number of hydrogen-bond acceptors (Lipinski definition) is 7. The Morgan fingerprint density at radius 3 is 2.06 bits per heavy atom. The van der Waals surface area contributed by atoms with Crippen molar-refractivity contribution in [1.29, 1.82) is 0 Å². The van der Waals surface area contributed by atoms with E-state index in [1.54, 1.807) is 33.3 Å². The average Bonchev–Trinajstić information content (AvgIpc) is 2.88. The highest BCUT2D eigenvalue weighted by Crippen LogP contribution is 2.42. The second-order valence-electron chi connectivity index (χ2n) is 8.56. The molecule has 0 fully saturated rings. The minimum Gasteiger partial charge on any atom is -0.493 e. The Hall–Kier alpha value is -3.62. The molecule has 0 aromatic heterocycles. The van der Waals surface area contributed by atoms with Crippen LogP contribution < -0.4 is 24.3 Å². The molecule has 2 amide bonds. The molecule has 9 nitrogen and oxygen atoms in total. The van der Waals surface area contributed by atoms with E-state index in [9.17, 15) is 9.59 Å². The van der Waals surface area contributed by atoms with Gasteiger partial charge in [-0.3, -0.25) is 0 Å². The number of carbonyl (C=O) groups excluding carboxylic acids is 2. The van der Waals surface area contributed by atoms with Gasteiger partial charge in [0, 0.05) is 6.54 Å². The summed E-state index contributed by atoms with van der Waals surface area (Å²) in [7, 11) is 7.62. The van der Waals surface area contributed by atoms with Crippen molar-refractivity contribution in [3.05, 3.63) is 47.0 Å². The Bertz CT molecular complexity index is 1070. The molecule has 2 aromatic rings. The zero-order valence-electron chi connectivity index (χ0n) is 21.3. The van der Waals surface area contributed by atoms with E-state index in [0.29, 0.717) is 36.0 Å². The molecule has 9 heteroatoms. The smallest absolute Gasteiger partial charge is 0.328 e. The summed E-state index contributed by atoms with van der Waals surface area (Å²) in [6, 6.07) is 7.81. The summed E-state index contributed by atoms with van der Waals surface area (Å²) >= 11 is 0. The lowest BCUT2D eigenvalue weighted by molar-refractivity contribution is -0.144. The van der Waals surface area contributed by atoms with E-state index in [-0.39, 0.29) is 11.9 Å². The number of hydrogen-bond donors (Lipinski definition) is 1. The summed E-state index contributed by atoms with van der Waals surface area (Å²) in [5.41, 5.74) is 2.76. The zero-order chi connectivity index (χ0) is 25.7. The highest BCUT2D eigenvalue weighted by molar-refractivity contribution is 5.84. The zero-order valence-corrected chi connectivity index (χ0v) is 21.3. The Morgan fingerprint density at radius 2 is 1.49 bits per heavy atom. The maximum Gasteiger partial charge on any atom is 0.328 e. The number of carbonyl (C=O) groups is 2. The lowest BCUT2D eigenvalue weighted by atomic mass is 9.87. The number of nitrogens with one attached hydrogen (secondary N) is 1. The fraction of sp³-hybridized carbons (Fsp3) is 0.462. The number of urea groups is 1. The van der Waals surface area contributed by atoms with Crippen LogP contribution in [0.3, 0.4) is 0 Å². The van der Waals surface area contributed by atoms with E-state index in [1.165, 1.54) is 7.11 Å². The monoisotopic (exact) mass is 486 g/mol. The first-order valence-electron chi connectivity index (χ1n) is 11.4. The number of nitrogens with zero attached hydrogens (tertiary/aromatic N) is 1. The van der Waals surface area contributed by atoms with Gasteiger partial charge < -0.3 is 33.9 Å². The van der Waals surface area contributed by atoms with Crippen molar-refractivity contribution in [2.24, 2.45) is 5.92 Å². The highest BCUT2D eigenvalue weighted by Gasteiger charge is 2.36. The molecule has 0 spiro atoms. The van der Waals surface area contributed by atoms with Crippen LogP contribution in [0.4, 0.5) is 4.79 Å². The van der Waals surface area contributed by atoms with Gasteiger partial charge in [0.15, 0.2) is 23.0 Å². The van der Waals surface area contributed by atoms with Gasteiger partial charge in [0.1, 0.15) is 6.04 Å². The molecule has 0 saturated carbocycles. The standard InChI is InChI=1S/C26H34N2O7/c1-15(2)23(25(29)35-7)27-26(30)28-11-10-16-12-21(33-5)22(34-6)14-18(16)24(28)17-8-9-19(31-3)20(13-17)32-4/h8-9,12-15,23-24H,10-11H2,1-7H3,(H,27,30)/t23-,24+/m0/s1. The number of ether oxygens (including phenoxy) is 5. The summed E-state index contributed by atoms with van der Waals surface area (Å²) in [4.78, 5) is 27.6. The van der Waals surface area contributed by atoms with Gasteiger partial charge in [0.05, 0.1) is 41.6 Å². The first kappa shape index (κ1) is 26.0. The Morgan fingerprint density at radius 1 is 0.886 bits per heavy atom. The normalized spacial score (nSPS) is 15.7. The van der Waals surface area contributed by atoms with Crippen LogP contribution in [0.15, 0.2) is 30.3 Å². The van der Waals surface area contributed by atoms with E-state index in [1.807, 2.05) is 44.2 Å². The minimum absolute atomic E-state index is 0.146. The molecule has 35 heavy (non-hydrogen) atoms. The molecule has 1 N–H and O–H groups in total. The predicted molar refractivity (Wildman–Crippen MR) is 131 cm³/mol. The third kappa shape index (κ3) is 5.23. The summed E-state index contributed by atoms with van der Waals surface area (Å²) in [5, 5.41) is 2.87. The molecule has 0 bridgehead atoms. The van der Waals surface area contributed by atoms with Crippen LogP contribution in [0.2, 0.25) is 0 Å². The third-order valence-corrected chi connectivity index (χ3v) is 6.26. The second kappa shape index (κ2) is 11.2. The van der Waals surface area contributed by atoms with Crippen LogP contribution in [0.5, 0.6) is 23.0 Å². The molecule has 1 heterocycles. The van der Waals surface area contributed by atoms with Crippen LogP contribution in [-0.2, 0) is 16.0 Å². The van der Waals surface area contributed by atoms with E-state index >= 15 is 0 Å². The van der Waals surface area contributed by atoms with Crippen molar-refractivity contribution in [2.45, 2.75) is 32.4 Å². The molecule has 0 saturated heterocycles. The Kier molecular flexibility index (Phi) is 8.32. The molecule has 1 aliphatic rings. The number of fused-ring (bicyclic) bond motifs is 1. The fourth-order valence-electron chi connectivity index (χ4n) is 4.39. The molecule has 0 radical (unpaired) electrons. The van der Waals surface area contributed by atoms with Gasteiger partial charge in [-0.15, -0.1) is 0 Å². The van der Waals surface area contributed by atoms with E-state index in [4.69, 9.17) is 23.7 Å². The molecular formula is C26H34N2O7. The predicted octanol–water partition coefficient (Wildman–Crippen LogP) is 3.58. The van der Waals surface area contributed by atoms with Crippen LogP contribution in [0.25, 0.3) is 0 Å². The lowest BCUT2D eigenvalue weighted by Gasteiger charge is -2.39. The van der Waals surface area contributed by atoms with Gasteiger partial charge in [0.25, 0.3) is 0 Å². The maximum atomic E-state index is 13.6. The van der Waals surface area contributed by atoms with Crippen LogP contribution >= 0.6 is 0 Å². The number of rotatable bonds is 8. The quantitative estimate of drug-likeness (QED) is 0.570. The van der Waals surface area contributed by atoms with Crippen molar-refractivity contribution < 1.29 is 33.3 Å². The Labute approximate surface area is 206 Å². The number of esters is 1. The molecule has 190 valence electrons. The summed E-state index contributed by atoms with van der Waals surface area (Å²) in [6.07, 6.45) is 0.609. The average molecular weight is 487 g/mol. The fourth-order valence-corrected chi connectivity index (χ4v) is 4.39. The number of benzene rings is 2. The van der Waals surface area contributed by atoms with Crippen molar-refractivity contribution in [3.63, 3.8) is 0 Å². The van der Waals surface area contributed by atoms with Crippen molar-refractivity contribution >= 4 is 12.0 Å². The van der Waals surface area contributed by atoms with E-state index < -0.39 is 18.1 Å². The van der Waals surface area contributed by atoms with Crippen LogP contribution in [-0.4, -0.2) is 65.0 Å². The van der Waals surface area contributed by atoms with Crippen molar-refractivity contribution in [3.8, 4) is 23.0 Å². The molecular weight excluding hydrogens is 452 g/mol. The first-order chi connectivity index (χ1) is 16.8. The maximum absolute atomic E-state index is 13.6. The largest absolute Gasteiger partial charge is 0.493 e. The third-order valence-electron chi connectivity index (χ3n) is 6.26. The second-order valence-corrected chi connectivity index (χ2v) is 8.56. The molecule has 0 unspecified atom stereocenters. The van der Waals surface area contributed by atoms with Crippen molar-refractivity contribution in [2.75, 3.05) is 42.1 Å². The number of methoxy groups -OCH3 is 5. The van der Waals surface area contributed by atoms with Crippen LogP contribution in [0, 0.1) is 5.92 Å². The SMILES string of the molecule is COC(=O)[C@@H](NC(=O)N1CCc2cc(OC)c(OC)cc2[C@H]1c1ccc(OC)c(OC)c1)C(C)C. The summed E-state index contributed by atoms with van der Waals surface area (Å²) in [5.74, 6) is 1.69. The highest BCUT2D eigenvalue weighted by atomic mass is 16.5. The molecule has 0 aliphatic carbocycles. The van der Waals surface area contributed by atoms with E-state index in [0.717, 1.165) is 16.7 Å². The minimum atomic E-state index is -0.773. The van der Waals surface area contributed by atoms with Gasteiger partial charge in [-0.2, -0.15) is 0 Å². The van der Waals surface area contributed by atoms with Crippen LogP contribution in [0.1, 0.15) is 36.6 Å². The molecule has 2 atom stereocenters. The molecule has 1 aliphatic heterocycles. The van der Waals surface area contributed by atoms with Gasteiger partial charge in [-0.05, 0) is 53.3 Å². The van der Waals surface area contributed by atoms with Crippen molar-refractivity contribution in [1.82, 2.24) is 10.2 Å². The van der Waals surface area contributed by atoms with Gasteiger partial charge >= 0.3 is 12.0 Å². The Balaban J connectivity index is 2.12. The lowest BCUT2D eigenvalue weighted by Crippen LogP contribution is -2.53. The summed E-state index contributed by atoms with van der Waals surface area (Å²) < 4.78 is 26.9. The molecule has 2 aromatic carbocycles. The summed E-state index contributed by atoms with van der Waals surface area (Å²) in [6.45, 7) is 4.14. The first-order valence-corrected chi connectivity index (χ1v) is 11.4. The molecule has 3 rings (SSSR count). The van der Waals surface area contributed by atoms with Gasteiger partial charge in [-0.25, -0.2) is 9.59 Å². The number of amides is 2. The van der Waals surface area contributed by atoms with Gasteiger partial charge in [0.2, 0.25) is 0 Å². The van der Waals surface area contributed by atoms with E-state index in [2.05, 4.69) is 5.32 Å².